The first-order valence-corrected chi connectivity index (χ1v) is 14.8. The number of nitrogens with one attached hydrogen (secondary N) is 3. The van der Waals surface area contributed by atoms with Gasteiger partial charge in [0.2, 0.25) is 17.7 Å². The highest BCUT2D eigenvalue weighted by Crippen LogP contribution is 2.25. The minimum Gasteiger partial charge on any atom is -0.444 e. The van der Waals surface area contributed by atoms with Crippen LogP contribution in [0, 0.1) is 0 Å². The smallest absolute Gasteiger partial charge is 0.408 e. The fraction of sp³-hybridized carbons (Fsp3) is 0.455. The number of amides is 4. The van der Waals surface area contributed by atoms with Crippen LogP contribution in [0.4, 0.5) is 10.5 Å². The number of alkyl carbamates (subject to hydrolysis) is 1. The van der Waals surface area contributed by atoms with E-state index in [4.69, 9.17) is 4.74 Å². The SMILES string of the molecule is CC(=O)N(c1ccccc1)C1CCN(C(=O)[C@@H](Cc2c[nH]c3ccccc23)NC(=O)C(C)(C)NC(=O)OC(C)(C)C)CC1. The summed E-state index contributed by atoms with van der Waals surface area (Å²) in [5.41, 5.74) is 0.603. The molecule has 1 saturated heterocycles. The average Bonchev–Trinajstić information content (AvgIpc) is 3.34. The van der Waals surface area contributed by atoms with E-state index in [9.17, 15) is 19.2 Å². The quantitative estimate of drug-likeness (QED) is 0.356. The third kappa shape index (κ3) is 7.94. The molecule has 0 aliphatic carbocycles. The minimum atomic E-state index is -1.34. The first-order chi connectivity index (χ1) is 20.2. The van der Waals surface area contributed by atoms with Crippen LogP contribution in [-0.2, 0) is 25.5 Å². The molecule has 2 heterocycles. The molecule has 1 atom stereocenters. The highest BCUT2D eigenvalue weighted by atomic mass is 16.6. The van der Waals surface area contributed by atoms with Crippen molar-refractivity contribution in [3.05, 3.63) is 66.4 Å². The number of aromatic nitrogens is 1. The van der Waals surface area contributed by atoms with Gasteiger partial charge in [-0.1, -0.05) is 36.4 Å². The molecule has 0 saturated carbocycles. The van der Waals surface area contributed by atoms with Crippen molar-refractivity contribution in [1.82, 2.24) is 20.5 Å². The van der Waals surface area contributed by atoms with Crippen molar-refractivity contribution in [2.45, 2.75) is 84.0 Å². The van der Waals surface area contributed by atoms with Gasteiger partial charge in [-0.25, -0.2) is 4.79 Å². The summed E-state index contributed by atoms with van der Waals surface area (Å²) in [5, 5.41) is 6.52. The number of rotatable bonds is 8. The zero-order valence-corrected chi connectivity index (χ0v) is 25.9. The number of para-hydroxylation sites is 2. The number of benzene rings is 2. The molecule has 3 aromatic rings. The number of H-pyrrole nitrogens is 1. The van der Waals surface area contributed by atoms with Gasteiger partial charge in [0.25, 0.3) is 0 Å². The molecule has 1 aliphatic rings. The van der Waals surface area contributed by atoms with Gasteiger partial charge in [-0.3, -0.25) is 14.4 Å². The Morgan fingerprint density at radius 3 is 2.23 bits per heavy atom. The lowest BCUT2D eigenvalue weighted by Crippen LogP contribution is -2.60. The van der Waals surface area contributed by atoms with E-state index in [2.05, 4.69) is 15.6 Å². The van der Waals surface area contributed by atoms with Gasteiger partial charge in [0.05, 0.1) is 0 Å². The maximum absolute atomic E-state index is 14.0. The topological polar surface area (TPSA) is 124 Å². The molecular formula is C33H43N5O5. The number of aromatic amines is 1. The summed E-state index contributed by atoms with van der Waals surface area (Å²) in [7, 11) is 0. The summed E-state index contributed by atoms with van der Waals surface area (Å²) in [5.74, 6) is -0.752. The van der Waals surface area contributed by atoms with Crippen LogP contribution in [0.25, 0.3) is 10.9 Å². The van der Waals surface area contributed by atoms with Crippen LogP contribution >= 0.6 is 0 Å². The van der Waals surface area contributed by atoms with Crippen LogP contribution in [0.2, 0.25) is 0 Å². The van der Waals surface area contributed by atoms with Gasteiger partial charge in [-0.15, -0.1) is 0 Å². The minimum absolute atomic E-state index is 0.0393. The molecule has 0 spiro atoms. The highest BCUT2D eigenvalue weighted by Gasteiger charge is 2.37. The highest BCUT2D eigenvalue weighted by molar-refractivity contribution is 5.95. The zero-order valence-electron chi connectivity index (χ0n) is 25.9. The number of fused-ring (bicyclic) bond motifs is 1. The Morgan fingerprint density at radius 2 is 1.60 bits per heavy atom. The summed E-state index contributed by atoms with van der Waals surface area (Å²) in [6, 6.07) is 16.4. The fourth-order valence-electron chi connectivity index (χ4n) is 5.48. The monoisotopic (exact) mass is 589 g/mol. The van der Waals surface area contributed by atoms with Crippen molar-refractivity contribution in [1.29, 1.82) is 0 Å². The fourth-order valence-corrected chi connectivity index (χ4v) is 5.48. The lowest BCUT2D eigenvalue weighted by Gasteiger charge is -2.39. The van der Waals surface area contributed by atoms with Crippen LogP contribution in [0.5, 0.6) is 0 Å². The third-order valence-electron chi connectivity index (χ3n) is 7.60. The number of nitrogens with zero attached hydrogens (tertiary/aromatic N) is 2. The summed E-state index contributed by atoms with van der Waals surface area (Å²) in [6.45, 7) is 10.8. The zero-order chi connectivity index (χ0) is 31.4. The standard InChI is InChI=1S/C33H43N5O5/c1-22(39)38(24-12-8-7-9-13-24)25-16-18-37(19-17-25)29(40)28(20-23-21-34-27-15-11-10-14-26(23)27)35-30(41)33(5,6)36-31(42)43-32(2,3)4/h7-15,21,25,28,34H,16-20H2,1-6H3,(H,35,41)(H,36,42)/t28-/m1/s1. The number of anilines is 1. The van der Waals surface area contributed by atoms with Crippen molar-refractivity contribution >= 4 is 40.4 Å². The van der Waals surface area contributed by atoms with Crippen molar-refractivity contribution in [2.75, 3.05) is 18.0 Å². The molecule has 0 unspecified atom stereocenters. The Morgan fingerprint density at radius 1 is 0.977 bits per heavy atom. The molecule has 43 heavy (non-hydrogen) atoms. The van der Waals surface area contributed by atoms with E-state index >= 15 is 0 Å². The Labute approximate surface area is 253 Å². The number of carbonyl (C=O) groups excluding carboxylic acids is 4. The molecule has 0 bridgehead atoms. The predicted octanol–water partition coefficient (Wildman–Crippen LogP) is 4.54. The van der Waals surface area contributed by atoms with Crippen molar-refractivity contribution in [2.24, 2.45) is 0 Å². The Hall–Kier alpha value is -4.34. The van der Waals surface area contributed by atoms with Gasteiger partial charge in [-0.2, -0.15) is 0 Å². The predicted molar refractivity (Wildman–Crippen MR) is 167 cm³/mol. The van der Waals surface area contributed by atoms with Crippen molar-refractivity contribution < 1.29 is 23.9 Å². The molecule has 4 rings (SSSR count). The van der Waals surface area contributed by atoms with E-state index in [1.807, 2.05) is 60.8 Å². The van der Waals surface area contributed by atoms with Gasteiger partial charge in [0.15, 0.2) is 0 Å². The Bertz CT molecular complexity index is 1450. The van der Waals surface area contributed by atoms with E-state index in [-0.39, 0.29) is 24.3 Å². The largest absolute Gasteiger partial charge is 0.444 e. The van der Waals surface area contributed by atoms with Crippen molar-refractivity contribution in [3.8, 4) is 0 Å². The van der Waals surface area contributed by atoms with Crippen LogP contribution in [0.15, 0.2) is 60.8 Å². The molecule has 0 radical (unpaired) electrons. The second-order valence-electron chi connectivity index (χ2n) is 12.6. The molecule has 2 aromatic carbocycles. The average molecular weight is 590 g/mol. The van der Waals surface area contributed by atoms with Crippen molar-refractivity contribution in [3.63, 3.8) is 0 Å². The van der Waals surface area contributed by atoms with Crippen LogP contribution < -0.4 is 15.5 Å². The van der Waals surface area contributed by atoms with E-state index < -0.39 is 29.2 Å². The molecule has 1 aromatic heterocycles. The van der Waals surface area contributed by atoms with E-state index in [0.29, 0.717) is 25.9 Å². The van der Waals surface area contributed by atoms with Gasteiger partial charge in [0.1, 0.15) is 17.2 Å². The molecule has 10 nitrogen and oxygen atoms in total. The second kappa shape index (κ2) is 12.9. The molecule has 10 heteroatoms. The number of likely N-dealkylation sites (tertiary alicyclic amines) is 1. The first-order valence-electron chi connectivity index (χ1n) is 14.8. The van der Waals surface area contributed by atoms with Crippen LogP contribution in [0.3, 0.4) is 0 Å². The summed E-state index contributed by atoms with van der Waals surface area (Å²) in [6.07, 6.45) is 2.63. The molecular weight excluding hydrogens is 546 g/mol. The normalized spacial score (nSPS) is 15.1. The third-order valence-corrected chi connectivity index (χ3v) is 7.60. The maximum atomic E-state index is 14.0. The number of ether oxygens (including phenoxy) is 1. The van der Waals surface area contributed by atoms with E-state index in [1.54, 1.807) is 51.3 Å². The Kier molecular flexibility index (Phi) is 9.47. The van der Waals surface area contributed by atoms with Gasteiger partial charge in [-0.05, 0) is 71.2 Å². The number of hydrogen-bond donors (Lipinski definition) is 3. The lowest BCUT2D eigenvalue weighted by atomic mass is 9.98. The number of piperidine rings is 1. The second-order valence-corrected chi connectivity index (χ2v) is 12.6. The van der Waals surface area contributed by atoms with E-state index in [0.717, 1.165) is 22.2 Å². The number of hydrogen-bond acceptors (Lipinski definition) is 5. The summed E-state index contributed by atoms with van der Waals surface area (Å²) in [4.78, 5) is 59.4. The molecule has 4 amide bonds. The van der Waals surface area contributed by atoms with E-state index in [1.165, 1.54) is 0 Å². The molecule has 1 fully saturated rings. The molecule has 230 valence electrons. The van der Waals surface area contributed by atoms with Gasteiger partial charge in [0, 0.05) is 55.3 Å². The van der Waals surface area contributed by atoms with Gasteiger partial charge < -0.3 is 30.2 Å². The Balaban J connectivity index is 1.51. The van der Waals surface area contributed by atoms with Crippen LogP contribution in [-0.4, -0.2) is 70.0 Å². The molecule has 3 N–H and O–H groups in total. The summed E-state index contributed by atoms with van der Waals surface area (Å²) >= 11 is 0. The first kappa shape index (κ1) is 31.6. The van der Waals surface area contributed by atoms with Gasteiger partial charge >= 0.3 is 6.09 Å². The lowest BCUT2D eigenvalue weighted by molar-refractivity contribution is -0.138. The maximum Gasteiger partial charge on any atom is 0.408 e. The number of carbonyl (C=O) groups is 4. The van der Waals surface area contributed by atoms with Crippen LogP contribution in [0.1, 0.15) is 59.9 Å². The summed E-state index contributed by atoms with van der Waals surface area (Å²) < 4.78 is 5.35. The molecule has 1 aliphatic heterocycles.